The van der Waals surface area contributed by atoms with Crippen molar-refractivity contribution in [3.05, 3.63) is 0 Å². The minimum Gasteiger partial charge on any atom is -0.466 e. The van der Waals surface area contributed by atoms with Gasteiger partial charge in [0.05, 0.1) is 13.2 Å². The van der Waals surface area contributed by atoms with Gasteiger partial charge in [-0.05, 0) is 12.8 Å². The first-order valence-corrected chi connectivity index (χ1v) is 6.78. The van der Waals surface area contributed by atoms with Crippen molar-refractivity contribution in [2.24, 2.45) is 0 Å². The van der Waals surface area contributed by atoms with Crippen LogP contribution in [0, 0.1) is 0 Å². The number of hydrogen-bond acceptors (Lipinski definition) is 4. The van der Waals surface area contributed by atoms with Crippen LogP contribution in [-0.2, 0) is 18.6 Å². The minimum absolute atomic E-state index is 0.0776. The van der Waals surface area contributed by atoms with Gasteiger partial charge in [-0.15, -0.1) is 0 Å². The summed E-state index contributed by atoms with van der Waals surface area (Å²) in [6.07, 6.45) is 4.16. The number of carbonyl (C=O) groups excluding carboxylic acids is 1. The van der Waals surface area contributed by atoms with Gasteiger partial charge in [0, 0.05) is 6.92 Å². The third kappa shape index (κ3) is 13.6. The van der Waals surface area contributed by atoms with Crippen molar-refractivity contribution in [3.63, 3.8) is 0 Å². The summed E-state index contributed by atoms with van der Waals surface area (Å²) in [5.74, 6) is -0.268. The van der Waals surface area contributed by atoms with Crippen molar-refractivity contribution >= 4 is 13.8 Å². The number of ether oxygens (including phenoxy) is 1. The minimum atomic E-state index is -4.30. The number of carbonyl (C=O) groups is 1. The van der Waals surface area contributed by atoms with E-state index in [4.69, 9.17) is 14.5 Å². The van der Waals surface area contributed by atoms with E-state index in [1.807, 2.05) is 0 Å². The lowest BCUT2D eigenvalue weighted by Gasteiger charge is -2.05. The molecule has 16 heavy (non-hydrogen) atoms. The van der Waals surface area contributed by atoms with E-state index in [-0.39, 0.29) is 12.6 Å². The standard InChI is InChI=1S/C9H19O6P/c1-9(10)14-7-5-3-2-4-6-8-15-16(11,12)13/h2-8H2,1H3,(H2,11,12,13). The van der Waals surface area contributed by atoms with Gasteiger partial charge >= 0.3 is 13.8 Å². The second-order valence-electron chi connectivity index (χ2n) is 3.43. The molecule has 0 aliphatic rings. The smallest absolute Gasteiger partial charge is 0.466 e. The normalized spacial score (nSPS) is 11.4. The molecule has 0 atom stereocenters. The number of hydrogen-bond donors (Lipinski definition) is 2. The van der Waals surface area contributed by atoms with Gasteiger partial charge in [-0.1, -0.05) is 19.3 Å². The SMILES string of the molecule is CC(=O)OCCCCCCCOP(=O)(O)O. The molecule has 0 bridgehead atoms. The molecule has 0 aromatic carbocycles. The molecule has 0 aromatic heterocycles. The average Bonchev–Trinajstić information content (AvgIpc) is 2.13. The molecule has 0 heterocycles. The van der Waals surface area contributed by atoms with Gasteiger partial charge in [0.15, 0.2) is 0 Å². The third-order valence-corrected chi connectivity index (χ3v) is 2.37. The van der Waals surface area contributed by atoms with Crippen LogP contribution in [-0.4, -0.2) is 29.0 Å². The van der Waals surface area contributed by atoms with E-state index in [1.54, 1.807) is 0 Å². The molecular formula is C9H19O6P. The second kappa shape index (κ2) is 8.70. The fourth-order valence-corrected chi connectivity index (χ4v) is 1.50. The lowest BCUT2D eigenvalue weighted by molar-refractivity contribution is -0.141. The Balaban J connectivity index is 3.10. The highest BCUT2D eigenvalue weighted by molar-refractivity contribution is 7.46. The van der Waals surface area contributed by atoms with Gasteiger partial charge in [-0.3, -0.25) is 9.32 Å². The van der Waals surface area contributed by atoms with Crippen LogP contribution >= 0.6 is 7.82 Å². The fourth-order valence-electron chi connectivity index (χ4n) is 1.13. The van der Waals surface area contributed by atoms with Crippen LogP contribution in [0.25, 0.3) is 0 Å². The van der Waals surface area contributed by atoms with Gasteiger partial charge in [-0.2, -0.15) is 0 Å². The van der Waals surface area contributed by atoms with Crippen molar-refractivity contribution in [2.75, 3.05) is 13.2 Å². The first kappa shape index (κ1) is 15.6. The number of phosphoric ester groups is 1. The van der Waals surface area contributed by atoms with E-state index in [0.717, 1.165) is 25.7 Å². The Morgan fingerprint density at radius 2 is 1.56 bits per heavy atom. The summed E-state index contributed by atoms with van der Waals surface area (Å²) in [6.45, 7) is 1.89. The zero-order valence-electron chi connectivity index (χ0n) is 9.42. The molecule has 0 unspecified atom stereocenters. The van der Waals surface area contributed by atoms with Crippen LogP contribution in [0.15, 0.2) is 0 Å². The molecule has 0 radical (unpaired) electrons. The van der Waals surface area contributed by atoms with E-state index >= 15 is 0 Å². The second-order valence-corrected chi connectivity index (χ2v) is 4.67. The number of phosphoric acid groups is 1. The first-order chi connectivity index (χ1) is 7.42. The Kier molecular flexibility index (Phi) is 8.47. The quantitative estimate of drug-likeness (QED) is 0.369. The van der Waals surface area contributed by atoms with E-state index in [1.165, 1.54) is 6.92 Å². The summed E-state index contributed by atoms with van der Waals surface area (Å²) in [6, 6.07) is 0. The predicted molar refractivity (Wildman–Crippen MR) is 57.7 cm³/mol. The number of unbranched alkanes of at least 4 members (excludes halogenated alkanes) is 4. The maximum Gasteiger partial charge on any atom is 0.469 e. The van der Waals surface area contributed by atoms with Crippen LogP contribution < -0.4 is 0 Å². The molecule has 0 saturated heterocycles. The molecule has 0 spiro atoms. The predicted octanol–water partition coefficient (Wildman–Crippen LogP) is 1.61. The van der Waals surface area contributed by atoms with Crippen LogP contribution in [0.1, 0.15) is 39.0 Å². The van der Waals surface area contributed by atoms with E-state index in [0.29, 0.717) is 13.0 Å². The molecule has 0 saturated carbocycles. The Hall–Kier alpha value is -0.420. The fraction of sp³-hybridized carbons (Fsp3) is 0.889. The molecule has 0 fully saturated rings. The van der Waals surface area contributed by atoms with Crippen molar-refractivity contribution in [1.82, 2.24) is 0 Å². The van der Waals surface area contributed by atoms with Crippen molar-refractivity contribution in [3.8, 4) is 0 Å². The van der Waals surface area contributed by atoms with Gasteiger partial charge in [0.2, 0.25) is 0 Å². The van der Waals surface area contributed by atoms with Crippen molar-refractivity contribution in [1.29, 1.82) is 0 Å². The summed E-state index contributed by atoms with van der Waals surface area (Å²) in [4.78, 5) is 27.2. The molecule has 0 rings (SSSR count). The Bertz CT molecular complexity index is 236. The van der Waals surface area contributed by atoms with Gasteiger partial charge < -0.3 is 14.5 Å². The maximum absolute atomic E-state index is 10.4. The number of rotatable bonds is 9. The van der Waals surface area contributed by atoms with Gasteiger partial charge in [0.1, 0.15) is 0 Å². The molecule has 0 amide bonds. The molecule has 0 aliphatic heterocycles. The molecule has 7 heteroatoms. The zero-order chi connectivity index (χ0) is 12.4. The van der Waals surface area contributed by atoms with Gasteiger partial charge in [-0.25, -0.2) is 4.57 Å². The average molecular weight is 254 g/mol. The van der Waals surface area contributed by atoms with Crippen molar-refractivity contribution < 1.29 is 28.4 Å². The Morgan fingerprint density at radius 1 is 1.06 bits per heavy atom. The van der Waals surface area contributed by atoms with Crippen LogP contribution in [0.3, 0.4) is 0 Å². The lowest BCUT2D eigenvalue weighted by atomic mass is 10.1. The Morgan fingerprint density at radius 3 is 2.06 bits per heavy atom. The summed E-state index contributed by atoms with van der Waals surface area (Å²) in [7, 11) is -4.30. The molecule has 0 aliphatic carbocycles. The largest absolute Gasteiger partial charge is 0.469 e. The summed E-state index contributed by atoms with van der Waals surface area (Å²) in [5.41, 5.74) is 0. The molecule has 6 nitrogen and oxygen atoms in total. The topological polar surface area (TPSA) is 93.1 Å². The zero-order valence-corrected chi connectivity index (χ0v) is 10.3. The molecule has 96 valence electrons. The number of esters is 1. The van der Waals surface area contributed by atoms with Crippen LogP contribution in [0.5, 0.6) is 0 Å². The van der Waals surface area contributed by atoms with E-state index < -0.39 is 7.82 Å². The summed E-state index contributed by atoms with van der Waals surface area (Å²) < 4.78 is 19.3. The van der Waals surface area contributed by atoms with E-state index in [2.05, 4.69) is 4.52 Å². The molecule has 2 N–H and O–H groups in total. The lowest BCUT2D eigenvalue weighted by Crippen LogP contribution is -2.00. The van der Waals surface area contributed by atoms with Crippen LogP contribution in [0.2, 0.25) is 0 Å². The van der Waals surface area contributed by atoms with E-state index in [9.17, 15) is 9.36 Å². The Labute approximate surface area is 95.2 Å². The van der Waals surface area contributed by atoms with Crippen molar-refractivity contribution in [2.45, 2.75) is 39.0 Å². The third-order valence-electron chi connectivity index (χ3n) is 1.85. The highest BCUT2D eigenvalue weighted by Crippen LogP contribution is 2.35. The monoisotopic (exact) mass is 254 g/mol. The van der Waals surface area contributed by atoms with Crippen LogP contribution in [0.4, 0.5) is 0 Å². The maximum atomic E-state index is 10.4. The molecular weight excluding hydrogens is 235 g/mol. The highest BCUT2D eigenvalue weighted by atomic mass is 31.2. The van der Waals surface area contributed by atoms with Gasteiger partial charge in [0.25, 0.3) is 0 Å². The highest BCUT2D eigenvalue weighted by Gasteiger charge is 2.12. The molecule has 0 aromatic rings. The summed E-state index contributed by atoms with van der Waals surface area (Å²) in [5, 5.41) is 0. The summed E-state index contributed by atoms with van der Waals surface area (Å²) >= 11 is 0. The first-order valence-electron chi connectivity index (χ1n) is 5.25.